The van der Waals surface area contributed by atoms with E-state index in [1.165, 1.54) is 6.42 Å². The first-order valence-electron chi connectivity index (χ1n) is 9.23. The number of carbonyl (C=O) groups excluding carboxylic acids is 1. The van der Waals surface area contributed by atoms with Crippen molar-refractivity contribution in [3.05, 3.63) is 17.5 Å². The summed E-state index contributed by atoms with van der Waals surface area (Å²) in [6.07, 6.45) is 5.06. The number of β-amino-alcohol motifs (C(OH)–C–C–N with tert-alkyl or cyclic N) is 1. The van der Waals surface area contributed by atoms with Crippen LogP contribution in [-0.4, -0.2) is 68.9 Å². The summed E-state index contributed by atoms with van der Waals surface area (Å²) < 4.78 is 0. The number of hydrogen-bond donors (Lipinski definition) is 2. The molecular weight excluding hydrogens is 320 g/mol. The molecule has 2 aliphatic heterocycles. The average molecular weight is 348 g/mol. The molecule has 0 spiro atoms. The number of aromatic nitrogens is 2. The van der Waals surface area contributed by atoms with Gasteiger partial charge in [-0.25, -0.2) is 9.97 Å². The van der Waals surface area contributed by atoms with Crippen LogP contribution in [0, 0.1) is 6.92 Å². The highest BCUT2D eigenvalue weighted by Gasteiger charge is 2.40. The van der Waals surface area contributed by atoms with E-state index in [0.29, 0.717) is 36.6 Å². The Kier molecular flexibility index (Phi) is 5.24. The summed E-state index contributed by atoms with van der Waals surface area (Å²) >= 11 is 0. The predicted octanol–water partition coefficient (Wildman–Crippen LogP) is 1.12. The minimum atomic E-state index is -1.10. The van der Waals surface area contributed by atoms with E-state index in [4.69, 9.17) is 0 Å². The number of carbonyl (C=O) groups is 1. The fraction of sp³-hybridized carbons (Fsp3) is 0.722. The van der Waals surface area contributed by atoms with Crippen LogP contribution < -0.4 is 4.90 Å². The lowest BCUT2D eigenvalue weighted by Gasteiger charge is -2.41. The van der Waals surface area contributed by atoms with Gasteiger partial charge in [-0.1, -0.05) is 6.92 Å². The average Bonchev–Trinajstić information content (AvgIpc) is 2.64. The van der Waals surface area contributed by atoms with Gasteiger partial charge >= 0.3 is 0 Å². The second-order valence-corrected chi connectivity index (χ2v) is 7.19. The second-order valence-electron chi connectivity index (χ2n) is 7.19. The number of aryl methyl sites for hydroxylation is 1. The molecule has 0 aromatic carbocycles. The van der Waals surface area contributed by atoms with Gasteiger partial charge in [0.25, 0.3) is 5.91 Å². The number of rotatable bonds is 3. The van der Waals surface area contributed by atoms with Crippen LogP contribution in [-0.2, 0) is 0 Å². The Hall–Kier alpha value is -1.73. The van der Waals surface area contributed by atoms with Crippen LogP contribution in [0.1, 0.15) is 55.1 Å². The molecule has 138 valence electrons. The van der Waals surface area contributed by atoms with Gasteiger partial charge in [-0.05, 0) is 39.0 Å². The molecule has 2 atom stereocenters. The van der Waals surface area contributed by atoms with Gasteiger partial charge in [-0.2, -0.15) is 0 Å². The van der Waals surface area contributed by atoms with Crippen LogP contribution in [0.5, 0.6) is 0 Å². The largest absolute Gasteiger partial charge is 0.388 e. The molecule has 2 aliphatic rings. The van der Waals surface area contributed by atoms with Crippen molar-refractivity contribution < 1.29 is 15.0 Å². The highest BCUT2D eigenvalue weighted by molar-refractivity contribution is 5.95. The molecule has 0 unspecified atom stereocenters. The Morgan fingerprint density at radius 3 is 2.64 bits per heavy atom. The third kappa shape index (κ3) is 3.62. The predicted molar refractivity (Wildman–Crippen MR) is 94.6 cm³/mol. The number of aliphatic hydroxyl groups excluding tert-OH is 1. The molecule has 2 fully saturated rings. The van der Waals surface area contributed by atoms with Crippen LogP contribution >= 0.6 is 0 Å². The Morgan fingerprint density at radius 1 is 1.32 bits per heavy atom. The summed E-state index contributed by atoms with van der Waals surface area (Å²) in [5.74, 6) is 0.507. The number of aliphatic hydroxyl groups is 2. The highest BCUT2D eigenvalue weighted by atomic mass is 16.3. The molecule has 1 aromatic rings. The Morgan fingerprint density at radius 2 is 2.04 bits per heavy atom. The van der Waals surface area contributed by atoms with E-state index in [0.717, 1.165) is 25.9 Å². The van der Waals surface area contributed by atoms with Gasteiger partial charge in [-0.3, -0.25) is 4.79 Å². The summed E-state index contributed by atoms with van der Waals surface area (Å²) in [6, 6.07) is 0. The molecule has 2 saturated heterocycles. The van der Waals surface area contributed by atoms with Crippen LogP contribution in [0.15, 0.2) is 6.20 Å². The first-order chi connectivity index (χ1) is 11.9. The summed E-state index contributed by atoms with van der Waals surface area (Å²) in [5.41, 5.74) is 0.0294. The number of likely N-dealkylation sites (tertiary alicyclic amines) is 1. The number of anilines is 1. The molecule has 3 rings (SSSR count). The van der Waals surface area contributed by atoms with Gasteiger partial charge < -0.3 is 20.0 Å². The van der Waals surface area contributed by atoms with Crippen molar-refractivity contribution in [3.8, 4) is 0 Å². The third-order valence-electron chi connectivity index (χ3n) is 5.56. The minimum Gasteiger partial charge on any atom is -0.388 e. The van der Waals surface area contributed by atoms with E-state index in [1.807, 2.05) is 13.8 Å². The maximum Gasteiger partial charge on any atom is 0.257 e. The van der Waals surface area contributed by atoms with E-state index in [2.05, 4.69) is 14.9 Å². The van der Waals surface area contributed by atoms with E-state index >= 15 is 0 Å². The van der Waals surface area contributed by atoms with Gasteiger partial charge in [-0.15, -0.1) is 0 Å². The quantitative estimate of drug-likeness (QED) is 0.851. The molecule has 7 nitrogen and oxygen atoms in total. The fourth-order valence-corrected chi connectivity index (χ4v) is 3.64. The van der Waals surface area contributed by atoms with Gasteiger partial charge in [0.2, 0.25) is 5.95 Å². The molecular formula is C18H28N4O3. The van der Waals surface area contributed by atoms with Crippen molar-refractivity contribution in [1.82, 2.24) is 14.9 Å². The molecule has 3 heterocycles. The van der Waals surface area contributed by atoms with Crippen LogP contribution in [0.2, 0.25) is 0 Å². The summed E-state index contributed by atoms with van der Waals surface area (Å²) in [6.45, 7) is 6.15. The Bertz CT molecular complexity index is 633. The molecule has 1 aromatic heterocycles. The van der Waals surface area contributed by atoms with E-state index in [9.17, 15) is 15.0 Å². The number of hydrogen-bond acceptors (Lipinski definition) is 6. The lowest BCUT2D eigenvalue weighted by atomic mass is 9.86. The van der Waals surface area contributed by atoms with Crippen LogP contribution in [0.25, 0.3) is 0 Å². The van der Waals surface area contributed by atoms with Gasteiger partial charge in [0.15, 0.2) is 0 Å². The minimum absolute atomic E-state index is 0.135. The van der Waals surface area contributed by atoms with Crippen LogP contribution in [0.3, 0.4) is 0 Å². The zero-order valence-corrected chi connectivity index (χ0v) is 15.1. The maximum absolute atomic E-state index is 12.8. The zero-order valence-electron chi connectivity index (χ0n) is 15.1. The number of amides is 1. The number of piperidine rings is 2. The van der Waals surface area contributed by atoms with Crippen molar-refractivity contribution in [2.75, 3.05) is 31.1 Å². The summed E-state index contributed by atoms with van der Waals surface area (Å²) in [5, 5.41) is 20.5. The van der Waals surface area contributed by atoms with Gasteiger partial charge in [0.05, 0.1) is 16.9 Å². The highest BCUT2D eigenvalue weighted by Crippen LogP contribution is 2.27. The van der Waals surface area contributed by atoms with Crippen LogP contribution in [0.4, 0.5) is 5.95 Å². The third-order valence-corrected chi connectivity index (χ3v) is 5.56. The van der Waals surface area contributed by atoms with Gasteiger partial charge in [0, 0.05) is 32.4 Å². The van der Waals surface area contributed by atoms with Crippen molar-refractivity contribution in [2.45, 2.75) is 57.7 Å². The summed E-state index contributed by atoms with van der Waals surface area (Å²) in [4.78, 5) is 25.5. The van der Waals surface area contributed by atoms with E-state index in [1.54, 1.807) is 11.1 Å². The smallest absolute Gasteiger partial charge is 0.257 e. The van der Waals surface area contributed by atoms with E-state index < -0.39 is 11.7 Å². The molecule has 7 heteroatoms. The topological polar surface area (TPSA) is 89.8 Å². The van der Waals surface area contributed by atoms with Crippen molar-refractivity contribution >= 4 is 11.9 Å². The lowest BCUT2D eigenvalue weighted by molar-refractivity contribution is -0.114. The van der Waals surface area contributed by atoms with Gasteiger partial charge in [0.1, 0.15) is 6.10 Å². The Balaban J connectivity index is 1.72. The zero-order chi connectivity index (χ0) is 18.0. The molecule has 0 aliphatic carbocycles. The molecule has 0 saturated carbocycles. The van der Waals surface area contributed by atoms with Crippen molar-refractivity contribution in [2.24, 2.45) is 0 Å². The van der Waals surface area contributed by atoms with Crippen molar-refractivity contribution in [1.29, 1.82) is 0 Å². The molecule has 1 amide bonds. The number of nitrogens with zero attached hydrogens (tertiary/aromatic N) is 4. The molecule has 0 radical (unpaired) electrons. The first-order valence-corrected chi connectivity index (χ1v) is 9.23. The summed E-state index contributed by atoms with van der Waals surface area (Å²) in [7, 11) is 0. The second kappa shape index (κ2) is 7.25. The monoisotopic (exact) mass is 348 g/mol. The molecule has 2 N–H and O–H groups in total. The first kappa shape index (κ1) is 18.1. The van der Waals surface area contributed by atoms with E-state index in [-0.39, 0.29) is 12.5 Å². The normalized spacial score (nSPS) is 27.4. The fourth-order valence-electron chi connectivity index (χ4n) is 3.64. The SMILES string of the molecule is CC[C@@]1(O)CCN(C(=O)c2cnc(N3CCCCC3)nc2C)C[C@H]1O. The van der Waals surface area contributed by atoms with Crippen molar-refractivity contribution in [3.63, 3.8) is 0 Å². The molecule has 25 heavy (non-hydrogen) atoms. The Labute approximate surface area is 148 Å². The standard InChI is InChI=1S/C18H28N4O3/c1-3-18(25)7-10-22(12-15(18)23)16(24)14-11-19-17(20-13(14)2)21-8-5-4-6-9-21/h11,15,23,25H,3-10,12H2,1-2H3/t15-,18-/m1/s1. The molecule has 0 bridgehead atoms. The maximum atomic E-state index is 12.8. The lowest BCUT2D eigenvalue weighted by Crippen LogP contribution is -2.56.